The molecule has 8 heteroatoms. The Labute approximate surface area is 168 Å². The second kappa shape index (κ2) is 9.75. The van der Waals surface area contributed by atoms with E-state index in [2.05, 4.69) is 25.8 Å². The van der Waals surface area contributed by atoms with E-state index in [0.29, 0.717) is 42.2 Å². The summed E-state index contributed by atoms with van der Waals surface area (Å²) < 4.78 is 10.7. The lowest BCUT2D eigenvalue weighted by molar-refractivity contribution is 0.378. The van der Waals surface area contributed by atoms with E-state index in [0.717, 1.165) is 16.9 Å². The molecule has 0 aliphatic heterocycles. The van der Waals surface area contributed by atoms with Gasteiger partial charge in [0.1, 0.15) is 5.75 Å². The number of halogens is 1. The SMILES string of the molecule is CN=C(NCCc1nc(-c2cccc(Cl)c2)no1)NCc1ccccc1OC. The first-order valence-corrected chi connectivity index (χ1v) is 9.22. The highest BCUT2D eigenvalue weighted by Gasteiger charge is 2.09. The van der Waals surface area contributed by atoms with Gasteiger partial charge in [-0.15, -0.1) is 0 Å². The molecule has 1 aromatic heterocycles. The van der Waals surface area contributed by atoms with Crippen molar-refractivity contribution in [1.82, 2.24) is 20.8 Å². The lowest BCUT2D eigenvalue weighted by Crippen LogP contribution is -2.37. The van der Waals surface area contributed by atoms with Gasteiger partial charge in [-0.05, 0) is 18.2 Å². The number of nitrogens with zero attached hydrogens (tertiary/aromatic N) is 3. The molecule has 0 spiro atoms. The maximum absolute atomic E-state index is 6.00. The van der Waals surface area contributed by atoms with E-state index in [1.165, 1.54) is 0 Å². The number of benzene rings is 2. The summed E-state index contributed by atoms with van der Waals surface area (Å²) in [6.07, 6.45) is 0.572. The molecule has 3 aromatic rings. The fraction of sp³-hybridized carbons (Fsp3) is 0.250. The van der Waals surface area contributed by atoms with Gasteiger partial charge in [0.2, 0.25) is 11.7 Å². The largest absolute Gasteiger partial charge is 0.496 e. The lowest BCUT2D eigenvalue weighted by Gasteiger charge is -2.13. The van der Waals surface area contributed by atoms with Crippen molar-refractivity contribution in [1.29, 1.82) is 0 Å². The van der Waals surface area contributed by atoms with Crippen molar-refractivity contribution in [3.05, 3.63) is 65.0 Å². The number of methoxy groups -OCH3 is 1. The number of para-hydroxylation sites is 1. The molecule has 2 N–H and O–H groups in total. The average molecular weight is 400 g/mol. The van der Waals surface area contributed by atoms with Crippen molar-refractivity contribution in [2.75, 3.05) is 20.7 Å². The standard InChI is InChI=1S/C20H22ClN5O2/c1-22-20(24-13-15-6-3-4-9-17(15)27-2)23-11-10-18-25-19(26-28-18)14-7-5-8-16(21)12-14/h3-9,12H,10-11,13H2,1-2H3,(H2,22,23,24). The van der Waals surface area contributed by atoms with Gasteiger partial charge < -0.3 is 19.9 Å². The van der Waals surface area contributed by atoms with E-state index in [1.54, 1.807) is 26.3 Å². The van der Waals surface area contributed by atoms with Crippen LogP contribution in [-0.2, 0) is 13.0 Å². The zero-order valence-corrected chi connectivity index (χ0v) is 16.5. The van der Waals surface area contributed by atoms with Gasteiger partial charge in [-0.3, -0.25) is 4.99 Å². The Bertz CT molecular complexity index is 942. The highest BCUT2D eigenvalue weighted by Crippen LogP contribution is 2.20. The summed E-state index contributed by atoms with van der Waals surface area (Å²) >= 11 is 6.00. The maximum Gasteiger partial charge on any atom is 0.228 e. The van der Waals surface area contributed by atoms with Crippen molar-refractivity contribution in [3.8, 4) is 17.1 Å². The first kappa shape index (κ1) is 19.7. The number of aliphatic imine (C=N–C) groups is 1. The normalized spacial score (nSPS) is 11.3. The summed E-state index contributed by atoms with van der Waals surface area (Å²) in [6, 6.07) is 15.2. The minimum absolute atomic E-state index is 0.524. The molecule has 0 atom stereocenters. The number of nitrogens with one attached hydrogen (secondary N) is 2. The second-order valence-electron chi connectivity index (χ2n) is 5.94. The third-order valence-corrected chi connectivity index (χ3v) is 4.28. The molecule has 0 bridgehead atoms. The lowest BCUT2D eigenvalue weighted by atomic mass is 10.2. The molecule has 0 saturated carbocycles. The molecule has 0 saturated heterocycles. The zero-order chi connectivity index (χ0) is 19.8. The number of guanidine groups is 1. The summed E-state index contributed by atoms with van der Waals surface area (Å²) in [4.78, 5) is 8.63. The van der Waals surface area contributed by atoms with Gasteiger partial charge in [0.05, 0.1) is 7.11 Å². The van der Waals surface area contributed by atoms with Crippen molar-refractivity contribution < 1.29 is 9.26 Å². The Morgan fingerprint density at radius 3 is 2.82 bits per heavy atom. The van der Waals surface area contributed by atoms with Crippen LogP contribution in [0.2, 0.25) is 5.02 Å². The molecular weight excluding hydrogens is 378 g/mol. The number of rotatable bonds is 7. The van der Waals surface area contributed by atoms with Crippen LogP contribution in [0.5, 0.6) is 5.75 Å². The van der Waals surface area contributed by atoms with E-state index in [-0.39, 0.29) is 0 Å². The summed E-state index contributed by atoms with van der Waals surface area (Å²) in [6.45, 7) is 1.20. The van der Waals surface area contributed by atoms with Crippen LogP contribution in [0, 0.1) is 0 Å². The van der Waals surface area contributed by atoms with Crippen molar-refractivity contribution in [2.24, 2.45) is 4.99 Å². The summed E-state index contributed by atoms with van der Waals surface area (Å²) in [5, 5.41) is 11.1. The topological polar surface area (TPSA) is 84.6 Å². The van der Waals surface area contributed by atoms with E-state index in [4.69, 9.17) is 20.9 Å². The second-order valence-corrected chi connectivity index (χ2v) is 6.37. The molecule has 3 rings (SSSR count). The van der Waals surface area contributed by atoms with Crippen LogP contribution in [-0.4, -0.2) is 36.8 Å². The third-order valence-electron chi connectivity index (χ3n) is 4.04. The Morgan fingerprint density at radius 2 is 2.04 bits per heavy atom. The number of hydrogen-bond donors (Lipinski definition) is 2. The van der Waals surface area contributed by atoms with Gasteiger partial charge in [-0.25, -0.2) is 0 Å². The van der Waals surface area contributed by atoms with Gasteiger partial charge in [0.25, 0.3) is 0 Å². The van der Waals surface area contributed by atoms with Crippen LogP contribution in [0.3, 0.4) is 0 Å². The quantitative estimate of drug-likeness (QED) is 0.468. The maximum atomic E-state index is 6.00. The van der Waals surface area contributed by atoms with E-state index < -0.39 is 0 Å². The summed E-state index contributed by atoms with van der Waals surface area (Å²) in [5.74, 6) is 2.59. The predicted octanol–water partition coefficient (Wildman–Crippen LogP) is 3.31. The molecule has 0 unspecified atom stereocenters. The fourth-order valence-electron chi connectivity index (χ4n) is 2.64. The Morgan fingerprint density at radius 1 is 1.18 bits per heavy atom. The van der Waals surface area contributed by atoms with Gasteiger partial charge in [0, 0.05) is 42.7 Å². The average Bonchev–Trinajstić information content (AvgIpc) is 3.19. The van der Waals surface area contributed by atoms with E-state index >= 15 is 0 Å². The molecule has 28 heavy (non-hydrogen) atoms. The van der Waals surface area contributed by atoms with Gasteiger partial charge in [-0.1, -0.05) is 47.1 Å². The van der Waals surface area contributed by atoms with Crippen molar-refractivity contribution in [2.45, 2.75) is 13.0 Å². The summed E-state index contributed by atoms with van der Waals surface area (Å²) in [7, 11) is 3.38. The Kier molecular flexibility index (Phi) is 6.86. The third kappa shape index (κ3) is 5.23. The number of ether oxygens (including phenoxy) is 1. The highest BCUT2D eigenvalue weighted by atomic mass is 35.5. The molecule has 0 aliphatic rings. The molecular formula is C20H22ClN5O2. The first-order valence-electron chi connectivity index (χ1n) is 8.84. The minimum Gasteiger partial charge on any atom is -0.496 e. The molecule has 7 nitrogen and oxygen atoms in total. The molecule has 0 amide bonds. The van der Waals surface area contributed by atoms with Crippen LogP contribution in [0.15, 0.2) is 58.0 Å². The molecule has 2 aromatic carbocycles. The van der Waals surface area contributed by atoms with Gasteiger partial charge >= 0.3 is 0 Å². The molecule has 146 valence electrons. The van der Waals surface area contributed by atoms with Crippen LogP contribution in [0.4, 0.5) is 0 Å². The first-order chi connectivity index (χ1) is 13.7. The van der Waals surface area contributed by atoms with E-state index in [1.807, 2.05) is 36.4 Å². The van der Waals surface area contributed by atoms with Crippen LogP contribution in [0.1, 0.15) is 11.5 Å². The van der Waals surface area contributed by atoms with Crippen LogP contribution < -0.4 is 15.4 Å². The fourth-order valence-corrected chi connectivity index (χ4v) is 2.83. The number of hydrogen-bond acceptors (Lipinski definition) is 5. The van der Waals surface area contributed by atoms with Gasteiger partial charge in [0.15, 0.2) is 5.96 Å². The summed E-state index contributed by atoms with van der Waals surface area (Å²) in [5.41, 5.74) is 1.88. The molecule has 0 fully saturated rings. The predicted molar refractivity (Wildman–Crippen MR) is 110 cm³/mol. The van der Waals surface area contributed by atoms with Crippen LogP contribution >= 0.6 is 11.6 Å². The van der Waals surface area contributed by atoms with Crippen LogP contribution in [0.25, 0.3) is 11.4 Å². The molecule has 0 aliphatic carbocycles. The molecule has 1 heterocycles. The monoisotopic (exact) mass is 399 g/mol. The van der Waals surface area contributed by atoms with Gasteiger partial charge in [-0.2, -0.15) is 4.98 Å². The number of aromatic nitrogens is 2. The zero-order valence-electron chi connectivity index (χ0n) is 15.8. The molecule has 0 radical (unpaired) electrons. The Balaban J connectivity index is 1.50. The van der Waals surface area contributed by atoms with E-state index in [9.17, 15) is 0 Å². The smallest absolute Gasteiger partial charge is 0.228 e. The van der Waals surface area contributed by atoms with Crippen molar-refractivity contribution >= 4 is 17.6 Å². The minimum atomic E-state index is 0.524. The highest BCUT2D eigenvalue weighted by molar-refractivity contribution is 6.30. The Hall–Kier alpha value is -3.06. The van der Waals surface area contributed by atoms with Crippen molar-refractivity contribution in [3.63, 3.8) is 0 Å².